The van der Waals surface area contributed by atoms with Crippen molar-refractivity contribution >= 4 is 16.8 Å². The van der Waals surface area contributed by atoms with E-state index in [-0.39, 0.29) is 0 Å². The van der Waals surface area contributed by atoms with Gasteiger partial charge in [-0.15, -0.1) is 0 Å². The number of hydrogen-bond donors (Lipinski definition) is 0. The minimum absolute atomic E-state index is 0.764. The van der Waals surface area contributed by atoms with Crippen LogP contribution >= 0.6 is 11.6 Å². The number of hydrogen-bond acceptors (Lipinski definition) is 1. The molecule has 1 aliphatic rings. The molecule has 2 heteroatoms. The smallest absolute Gasteiger partial charge is 0.122 e. The van der Waals surface area contributed by atoms with Crippen LogP contribution in [0.1, 0.15) is 0 Å². The first-order valence-corrected chi connectivity index (χ1v) is 1.46. The van der Waals surface area contributed by atoms with Crippen molar-refractivity contribution in [1.82, 2.24) is 0 Å². The van der Waals surface area contributed by atoms with Crippen molar-refractivity contribution in [2.75, 3.05) is 6.54 Å². The van der Waals surface area contributed by atoms with Gasteiger partial charge in [0.2, 0.25) is 0 Å². The molecule has 0 aromatic rings. The predicted octanol–water partition coefficient (Wildman–Crippen LogP) is 0.637. The Morgan fingerprint density at radius 2 is 2.25 bits per heavy atom. The topological polar surface area (TPSA) is 12.4 Å². The van der Waals surface area contributed by atoms with Gasteiger partial charge >= 0.3 is 0 Å². The summed E-state index contributed by atoms with van der Waals surface area (Å²) in [7, 11) is 0. The van der Waals surface area contributed by atoms with Crippen LogP contribution in [0.4, 0.5) is 0 Å². The second-order valence-electron chi connectivity index (χ2n) is 0.692. The predicted molar refractivity (Wildman–Crippen MR) is 18.2 cm³/mol. The third kappa shape index (κ3) is 0.206. The van der Waals surface area contributed by atoms with E-state index in [1.54, 1.807) is 0 Å². The molecule has 0 saturated carbocycles. The maximum atomic E-state index is 5.14. The molecule has 0 aliphatic carbocycles. The summed E-state index contributed by atoms with van der Waals surface area (Å²) >= 11 is 5.14. The van der Waals surface area contributed by atoms with Crippen molar-refractivity contribution in [2.45, 2.75) is 0 Å². The van der Waals surface area contributed by atoms with E-state index < -0.39 is 0 Å². The van der Waals surface area contributed by atoms with Crippen molar-refractivity contribution in [1.29, 1.82) is 0 Å². The van der Waals surface area contributed by atoms with Gasteiger partial charge in [-0.3, -0.25) is 4.99 Å². The highest BCUT2D eigenvalue weighted by Crippen LogP contribution is 1.98. The van der Waals surface area contributed by atoms with Gasteiger partial charge in [-0.1, -0.05) is 11.6 Å². The Labute approximate surface area is 29.3 Å². The SMILES string of the molecule is ClC1=NC1. The third-order valence-electron chi connectivity index (χ3n) is 0.278. The van der Waals surface area contributed by atoms with E-state index >= 15 is 0 Å². The zero-order chi connectivity index (χ0) is 2.99. The van der Waals surface area contributed by atoms with Crippen LogP contribution in [0.25, 0.3) is 0 Å². The van der Waals surface area contributed by atoms with Gasteiger partial charge in [-0.05, 0) is 0 Å². The molecule has 1 aliphatic heterocycles. The fourth-order valence-electron chi connectivity index (χ4n) is 0.0299. The lowest BCUT2D eigenvalue weighted by molar-refractivity contribution is 1.57. The standard InChI is InChI=1S/C2H2ClN/c3-2-1-4-2/h1H2. The summed E-state index contributed by atoms with van der Waals surface area (Å²) in [4.78, 5) is 3.58. The lowest BCUT2D eigenvalue weighted by Gasteiger charge is -1.35. The highest BCUT2D eigenvalue weighted by molar-refractivity contribution is 6.69. The molecule has 1 rings (SSSR count). The van der Waals surface area contributed by atoms with E-state index in [1.807, 2.05) is 0 Å². The molecule has 0 unspecified atom stereocenters. The molecule has 1 heterocycles. The minimum atomic E-state index is 0.764. The quantitative estimate of drug-likeness (QED) is 0.401. The van der Waals surface area contributed by atoms with Crippen LogP contribution in [0.3, 0.4) is 0 Å². The highest BCUT2D eigenvalue weighted by Gasteiger charge is 2.00. The second-order valence-corrected chi connectivity index (χ2v) is 1.13. The zero-order valence-electron chi connectivity index (χ0n) is 2.03. The number of rotatable bonds is 0. The molecule has 0 radical (unpaired) electrons. The number of halogens is 1. The van der Waals surface area contributed by atoms with Gasteiger partial charge < -0.3 is 0 Å². The van der Waals surface area contributed by atoms with Crippen LogP contribution in [-0.4, -0.2) is 11.7 Å². The monoisotopic (exact) mass is 75.0 g/mol. The van der Waals surface area contributed by atoms with Crippen molar-refractivity contribution in [3.63, 3.8) is 0 Å². The minimum Gasteiger partial charge on any atom is -0.268 e. The molecule has 0 amide bonds. The third-order valence-corrected chi connectivity index (χ3v) is 0.517. The summed E-state index contributed by atoms with van der Waals surface area (Å²) in [5.74, 6) is 0. The van der Waals surface area contributed by atoms with Crippen LogP contribution in [0.2, 0.25) is 0 Å². The van der Waals surface area contributed by atoms with E-state index in [2.05, 4.69) is 4.99 Å². The summed E-state index contributed by atoms with van der Waals surface area (Å²) in [6, 6.07) is 0. The Morgan fingerprint density at radius 3 is 2.25 bits per heavy atom. The molecule has 0 fully saturated rings. The van der Waals surface area contributed by atoms with E-state index in [0.29, 0.717) is 0 Å². The van der Waals surface area contributed by atoms with E-state index in [9.17, 15) is 0 Å². The van der Waals surface area contributed by atoms with Crippen molar-refractivity contribution < 1.29 is 0 Å². The second kappa shape index (κ2) is 0.462. The molecule has 4 heavy (non-hydrogen) atoms. The van der Waals surface area contributed by atoms with E-state index in [1.165, 1.54) is 0 Å². The molecule has 0 bridgehead atoms. The molecule has 22 valence electrons. The normalized spacial score (nSPS) is 19.8. The lowest BCUT2D eigenvalue weighted by atomic mass is 11.0. The van der Waals surface area contributed by atoms with Crippen molar-refractivity contribution in [3.05, 3.63) is 0 Å². The first-order chi connectivity index (χ1) is 1.89. The zero-order valence-corrected chi connectivity index (χ0v) is 2.79. The van der Waals surface area contributed by atoms with Gasteiger partial charge in [0.25, 0.3) is 0 Å². The molecule has 0 atom stereocenters. The van der Waals surface area contributed by atoms with Crippen LogP contribution in [0, 0.1) is 0 Å². The summed E-state index contributed by atoms with van der Waals surface area (Å²) in [6.45, 7) is 0.793. The Kier molecular flexibility index (Phi) is 0.256. The number of nitrogens with zero attached hydrogens (tertiary/aromatic N) is 1. The first-order valence-electron chi connectivity index (χ1n) is 1.08. The van der Waals surface area contributed by atoms with E-state index in [0.717, 1.165) is 11.7 Å². The largest absolute Gasteiger partial charge is 0.268 e. The Bertz CT molecular complexity index is 57.1. The Hall–Kier alpha value is -0.0400. The molecule has 0 N–H and O–H groups in total. The van der Waals surface area contributed by atoms with E-state index in [4.69, 9.17) is 11.6 Å². The molecule has 0 aromatic carbocycles. The van der Waals surface area contributed by atoms with Gasteiger partial charge in [-0.2, -0.15) is 0 Å². The maximum absolute atomic E-state index is 5.14. The summed E-state index contributed by atoms with van der Waals surface area (Å²) in [6.07, 6.45) is 0. The van der Waals surface area contributed by atoms with Crippen molar-refractivity contribution in [3.8, 4) is 0 Å². The van der Waals surface area contributed by atoms with Gasteiger partial charge in [0.1, 0.15) is 5.17 Å². The average molecular weight is 75.5 g/mol. The molecule has 1 nitrogen and oxygen atoms in total. The first kappa shape index (κ1) is 2.21. The molecule has 0 aromatic heterocycles. The van der Waals surface area contributed by atoms with Crippen LogP contribution < -0.4 is 0 Å². The van der Waals surface area contributed by atoms with Crippen LogP contribution in [0.5, 0.6) is 0 Å². The highest BCUT2D eigenvalue weighted by atomic mass is 35.5. The maximum Gasteiger partial charge on any atom is 0.122 e. The average Bonchev–Trinajstić information content (AvgIpc) is 1.75. The summed E-state index contributed by atoms with van der Waals surface area (Å²) in [5.41, 5.74) is 0. The molecule has 0 spiro atoms. The van der Waals surface area contributed by atoms with Gasteiger partial charge in [-0.25, -0.2) is 0 Å². The molecular formula is C2H2ClN. The molecule has 0 saturated heterocycles. The number of aliphatic imine (C=N–C) groups is 1. The van der Waals surface area contributed by atoms with Gasteiger partial charge in [0, 0.05) is 0 Å². The van der Waals surface area contributed by atoms with Crippen molar-refractivity contribution in [2.24, 2.45) is 4.99 Å². The fourth-order valence-corrected chi connectivity index (χ4v) is 0.0896. The fraction of sp³-hybridized carbons (Fsp3) is 0.500. The van der Waals surface area contributed by atoms with Crippen LogP contribution in [0.15, 0.2) is 4.99 Å². The summed E-state index contributed by atoms with van der Waals surface area (Å²) in [5, 5.41) is 0.764. The van der Waals surface area contributed by atoms with Crippen LogP contribution in [-0.2, 0) is 0 Å². The summed E-state index contributed by atoms with van der Waals surface area (Å²) < 4.78 is 0. The Morgan fingerprint density at radius 1 is 2.00 bits per heavy atom. The van der Waals surface area contributed by atoms with Gasteiger partial charge in [0.15, 0.2) is 0 Å². The lowest BCUT2D eigenvalue weighted by Crippen LogP contribution is -1.51. The van der Waals surface area contributed by atoms with Gasteiger partial charge in [0.05, 0.1) is 6.54 Å². The molecular weight excluding hydrogens is 73.5 g/mol. The Balaban J connectivity index is 2.54.